The van der Waals surface area contributed by atoms with Gasteiger partial charge in [-0.2, -0.15) is 8.78 Å². The second-order valence-electron chi connectivity index (χ2n) is 11.2. The molecule has 9 heteroatoms. The lowest BCUT2D eigenvalue weighted by molar-refractivity contribution is -0.0490. The van der Waals surface area contributed by atoms with Crippen LogP contribution in [0.3, 0.4) is 0 Å². The molecule has 0 radical (unpaired) electrons. The first-order valence-electron chi connectivity index (χ1n) is 13.9. The average molecular weight is 535 g/mol. The van der Waals surface area contributed by atoms with Gasteiger partial charge in [0.05, 0.1) is 11.2 Å². The number of ether oxygens (including phenoxy) is 1. The van der Waals surface area contributed by atoms with Gasteiger partial charge in [-0.05, 0) is 80.3 Å². The number of piperidine rings is 1. The van der Waals surface area contributed by atoms with Crippen molar-refractivity contribution in [1.82, 2.24) is 24.0 Å². The third-order valence-electron chi connectivity index (χ3n) is 8.51. The highest BCUT2D eigenvalue weighted by atomic mass is 19.3. The first-order valence-corrected chi connectivity index (χ1v) is 13.9. The van der Waals surface area contributed by atoms with E-state index in [1.165, 1.54) is 12.8 Å². The van der Waals surface area contributed by atoms with Crippen molar-refractivity contribution >= 4 is 27.8 Å². The molecule has 2 fully saturated rings. The Hall–Kier alpha value is -3.46. The Bertz CT molecular complexity index is 1520. The fourth-order valence-corrected chi connectivity index (χ4v) is 6.17. The van der Waals surface area contributed by atoms with Crippen LogP contribution in [-0.4, -0.2) is 50.2 Å². The Morgan fingerprint density at radius 1 is 1.23 bits per heavy atom. The van der Waals surface area contributed by atoms with Crippen LogP contribution in [0.2, 0.25) is 0 Å². The Balaban J connectivity index is 1.42. The molecule has 1 saturated heterocycles. The maximum Gasteiger partial charge on any atom is 0.387 e. The molecule has 2 N–H and O–H groups in total. The SMILES string of the molecule is C=C(c1cc(OC(F)F)c2c(c1)nc(-c1cc3cccnc3n1CC1CC1)n2C)N1CC[C@@H](CCN)C(C)C1. The molecule has 4 heterocycles. The van der Waals surface area contributed by atoms with Crippen LogP contribution in [0.4, 0.5) is 8.78 Å². The fraction of sp³-hybridized carbons (Fsp3) is 0.467. The highest BCUT2D eigenvalue weighted by molar-refractivity contribution is 5.91. The van der Waals surface area contributed by atoms with E-state index < -0.39 is 6.61 Å². The Kier molecular flexibility index (Phi) is 6.79. The predicted molar refractivity (Wildman–Crippen MR) is 150 cm³/mol. The molecule has 1 aromatic carbocycles. The van der Waals surface area contributed by atoms with Gasteiger partial charge in [0.15, 0.2) is 11.6 Å². The zero-order valence-corrected chi connectivity index (χ0v) is 22.6. The molecule has 0 bridgehead atoms. The van der Waals surface area contributed by atoms with E-state index in [2.05, 4.69) is 34.0 Å². The minimum absolute atomic E-state index is 0.106. The van der Waals surface area contributed by atoms with Gasteiger partial charge < -0.3 is 24.5 Å². The maximum absolute atomic E-state index is 13.6. The first kappa shape index (κ1) is 25.8. The molecule has 3 aromatic heterocycles. The number of alkyl halides is 2. The monoisotopic (exact) mass is 534 g/mol. The molecule has 1 aliphatic carbocycles. The van der Waals surface area contributed by atoms with E-state index in [4.69, 9.17) is 15.5 Å². The van der Waals surface area contributed by atoms with Crippen molar-refractivity contribution in [2.45, 2.75) is 45.8 Å². The van der Waals surface area contributed by atoms with Crippen LogP contribution in [0.1, 0.15) is 38.2 Å². The minimum atomic E-state index is -2.95. The van der Waals surface area contributed by atoms with Crippen molar-refractivity contribution < 1.29 is 13.5 Å². The molecule has 39 heavy (non-hydrogen) atoms. The number of rotatable bonds is 9. The van der Waals surface area contributed by atoms with Gasteiger partial charge in [-0.25, -0.2) is 9.97 Å². The van der Waals surface area contributed by atoms with Gasteiger partial charge in [-0.1, -0.05) is 13.5 Å². The molecule has 4 aromatic rings. The van der Waals surface area contributed by atoms with Crippen molar-refractivity contribution in [3.63, 3.8) is 0 Å². The number of halogens is 2. The minimum Gasteiger partial charge on any atom is -0.432 e. The molecule has 2 atom stereocenters. The molecule has 2 aliphatic rings. The van der Waals surface area contributed by atoms with Crippen LogP contribution in [0.5, 0.6) is 5.75 Å². The number of fused-ring (bicyclic) bond motifs is 2. The smallest absolute Gasteiger partial charge is 0.387 e. The summed E-state index contributed by atoms with van der Waals surface area (Å²) in [6, 6.07) is 9.69. The second-order valence-corrected chi connectivity index (χ2v) is 11.2. The van der Waals surface area contributed by atoms with E-state index in [0.717, 1.165) is 60.5 Å². The molecule has 206 valence electrons. The van der Waals surface area contributed by atoms with Crippen LogP contribution >= 0.6 is 0 Å². The zero-order chi connectivity index (χ0) is 27.3. The summed E-state index contributed by atoms with van der Waals surface area (Å²) in [5.41, 5.74) is 10.3. The fourth-order valence-electron chi connectivity index (χ4n) is 6.17. The summed E-state index contributed by atoms with van der Waals surface area (Å²) in [6.45, 7) is 6.93. The number of nitrogens with two attached hydrogens (primary N) is 1. The van der Waals surface area contributed by atoms with Crippen molar-refractivity contribution in [3.8, 4) is 17.3 Å². The van der Waals surface area contributed by atoms with Crippen LogP contribution < -0.4 is 10.5 Å². The Morgan fingerprint density at radius 2 is 2.05 bits per heavy atom. The summed E-state index contributed by atoms with van der Waals surface area (Å²) in [5.74, 6) is 2.49. The highest BCUT2D eigenvalue weighted by Gasteiger charge is 2.29. The van der Waals surface area contributed by atoms with Crippen LogP contribution in [0, 0.1) is 17.8 Å². The number of pyridine rings is 1. The lowest BCUT2D eigenvalue weighted by atomic mass is 9.84. The van der Waals surface area contributed by atoms with E-state index in [1.807, 2.05) is 29.8 Å². The Morgan fingerprint density at radius 3 is 2.77 bits per heavy atom. The highest BCUT2D eigenvalue weighted by Crippen LogP contribution is 2.39. The maximum atomic E-state index is 13.6. The number of aromatic nitrogens is 4. The van der Waals surface area contributed by atoms with Gasteiger partial charge in [0.1, 0.15) is 11.2 Å². The topological polar surface area (TPSA) is 74.1 Å². The number of hydrogen-bond donors (Lipinski definition) is 1. The van der Waals surface area contributed by atoms with Gasteiger partial charge in [-0.15, -0.1) is 0 Å². The average Bonchev–Trinajstić information content (AvgIpc) is 3.58. The number of benzene rings is 1. The van der Waals surface area contributed by atoms with Crippen molar-refractivity contribution in [2.75, 3.05) is 19.6 Å². The molecule has 1 unspecified atom stereocenters. The largest absolute Gasteiger partial charge is 0.432 e. The quantitative estimate of drug-likeness (QED) is 0.290. The predicted octanol–water partition coefficient (Wildman–Crippen LogP) is 5.88. The van der Waals surface area contributed by atoms with Gasteiger partial charge in [0.2, 0.25) is 0 Å². The van der Waals surface area contributed by atoms with Gasteiger partial charge >= 0.3 is 6.61 Å². The normalized spacial score (nSPS) is 19.9. The van der Waals surface area contributed by atoms with E-state index >= 15 is 0 Å². The van der Waals surface area contributed by atoms with Gasteiger partial charge in [0, 0.05) is 49.5 Å². The molecule has 7 nitrogen and oxygen atoms in total. The van der Waals surface area contributed by atoms with Crippen molar-refractivity contribution in [2.24, 2.45) is 30.5 Å². The van der Waals surface area contributed by atoms with Gasteiger partial charge in [-0.3, -0.25) is 0 Å². The lowest BCUT2D eigenvalue weighted by Crippen LogP contribution is -2.38. The van der Waals surface area contributed by atoms with E-state index in [-0.39, 0.29) is 5.75 Å². The molecular weight excluding hydrogens is 498 g/mol. The van der Waals surface area contributed by atoms with Crippen LogP contribution in [-0.2, 0) is 13.6 Å². The van der Waals surface area contributed by atoms with Crippen LogP contribution in [0.15, 0.2) is 43.1 Å². The third kappa shape index (κ3) is 4.88. The summed E-state index contributed by atoms with van der Waals surface area (Å²) in [5, 5.41) is 1.03. The molecular formula is C30H36F2N6O. The third-order valence-corrected chi connectivity index (χ3v) is 8.51. The number of nitrogens with zero attached hydrogens (tertiary/aromatic N) is 5. The van der Waals surface area contributed by atoms with E-state index in [0.29, 0.717) is 41.2 Å². The summed E-state index contributed by atoms with van der Waals surface area (Å²) in [4.78, 5) is 11.9. The molecule has 1 saturated carbocycles. The number of aryl methyl sites for hydroxylation is 1. The molecule has 6 rings (SSSR count). The van der Waals surface area contributed by atoms with E-state index in [1.54, 1.807) is 12.3 Å². The lowest BCUT2D eigenvalue weighted by Gasteiger charge is -2.39. The summed E-state index contributed by atoms with van der Waals surface area (Å²) < 4.78 is 36.4. The number of hydrogen-bond acceptors (Lipinski definition) is 5. The van der Waals surface area contributed by atoms with Crippen molar-refractivity contribution in [1.29, 1.82) is 0 Å². The number of imidazole rings is 1. The Labute approximate surface area is 227 Å². The molecule has 0 spiro atoms. The summed E-state index contributed by atoms with van der Waals surface area (Å²) >= 11 is 0. The summed E-state index contributed by atoms with van der Waals surface area (Å²) in [6.07, 6.45) is 6.26. The zero-order valence-electron chi connectivity index (χ0n) is 22.6. The molecule has 1 aliphatic heterocycles. The second kappa shape index (κ2) is 10.3. The summed E-state index contributed by atoms with van der Waals surface area (Å²) in [7, 11) is 1.86. The van der Waals surface area contributed by atoms with Crippen molar-refractivity contribution in [3.05, 3.63) is 48.7 Å². The van der Waals surface area contributed by atoms with Gasteiger partial charge in [0.25, 0.3) is 0 Å². The number of likely N-dealkylation sites (tertiary alicyclic amines) is 1. The van der Waals surface area contributed by atoms with Crippen LogP contribution in [0.25, 0.3) is 39.3 Å². The van der Waals surface area contributed by atoms with E-state index in [9.17, 15) is 8.78 Å². The first-order chi connectivity index (χ1) is 18.8. The molecule has 0 amide bonds. The standard InChI is InChI=1S/C30H36F2N6O/c1-18-16-37(12-9-21(18)8-10-33)19(2)23-13-24-27(26(15-23)39-30(31)32)36(3)29(35-24)25-14-22-5-4-11-34-28(22)38(25)17-20-6-7-20/h4-5,11,13-15,18,20-21,30H,2,6-10,12,16-17,33H2,1,3H3/t18?,21-/m1/s1.